The lowest BCUT2D eigenvalue weighted by atomic mass is 10.2. The Hall–Kier alpha value is -1.72. The zero-order valence-corrected chi connectivity index (χ0v) is 12.7. The van der Waals surface area contributed by atoms with E-state index in [0.29, 0.717) is 11.2 Å². The maximum absolute atomic E-state index is 5.82. The fourth-order valence-corrected chi connectivity index (χ4v) is 2.82. The van der Waals surface area contributed by atoms with Crippen LogP contribution in [0.2, 0.25) is 5.15 Å². The normalized spacial score (nSPS) is 18.9. The van der Waals surface area contributed by atoms with Crippen molar-refractivity contribution in [2.45, 2.75) is 19.0 Å². The molecule has 21 heavy (non-hydrogen) atoms. The maximum atomic E-state index is 5.82. The number of likely N-dealkylation sites (N-methyl/N-ethyl adjacent to an activating group) is 1. The van der Waals surface area contributed by atoms with Crippen LogP contribution in [0.1, 0.15) is 12.0 Å². The van der Waals surface area contributed by atoms with Gasteiger partial charge in [-0.25, -0.2) is 15.0 Å². The van der Waals surface area contributed by atoms with E-state index in [1.54, 1.807) is 12.5 Å². The largest absolute Gasteiger partial charge is 0.355 e. The molecule has 110 valence electrons. The SMILES string of the molecule is CN(c1ccncn1)C1CCN(Cc2ccc(Cl)nc2)C1. The molecule has 2 aromatic rings. The van der Waals surface area contributed by atoms with Crippen LogP contribution < -0.4 is 4.90 Å². The third-order valence-electron chi connectivity index (χ3n) is 3.92. The number of pyridine rings is 1. The van der Waals surface area contributed by atoms with Crippen molar-refractivity contribution in [1.29, 1.82) is 0 Å². The lowest BCUT2D eigenvalue weighted by Gasteiger charge is -2.25. The Bertz CT molecular complexity index is 574. The topological polar surface area (TPSA) is 45.2 Å². The third-order valence-corrected chi connectivity index (χ3v) is 4.14. The van der Waals surface area contributed by atoms with Crippen molar-refractivity contribution >= 4 is 17.4 Å². The first kappa shape index (κ1) is 14.2. The van der Waals surface area contributed by atoms with Gasteiger partial charge in [0, 0.05) is 45.1 Å². The summed E-state index contributed by atoms with van der Waals surface area (Å²) in [5.74, 6) is 0.977. The molecule has 1 saturated heterocycles. The van der Waals surface area contributed by atoms with Crippen LogP contribution >= 0.6 is 11.6 Å². The molecule has 6 heteroatoms. The molecule has 1 fully saturated rings. The summed E-state index contributed by atoms with van der Waals surface area (Å²) >= 11 is 5.82. The summed E-state index contributed by atoms with van der Waals surface area (Å²) in [6, 6.07) is 6.32. The maximum Gasteiger partial charge on any atom is 0.131 e. The minimum atomic E-state index is 0.486. The highest BCUT2D eigenvalue weighted by atomic mass is 35.5. The third kappa shape index (κ3) is 3.49. The number of anilines is 1. The van der Waals surface area contributed by atoms with Crippen LogP contribution in [0, 0.1) is 0 Å². The molecule has 0 saturated carbocycles. The number of hydrogen-bond acceptors (Lipinski definition) is 5. The minimum Gasteiger partial charge on any atom is -0.355 e. The number of nitrogens with zero attached hydrogens (tertiary/aromatic N) is 5. The fourth-order valence-electron chi connectivity index (χ4n) is 2.71. The van der Waals surface area contributed by atoms with E-state index in [9.17, 15) is 0 Å². The van der Waals surface area contributed by atoms with Crippen molar-refractivity contribution in [1.82, 2.24) is 19.9 Å². The van der Waals surface area contributed by atoms with Crippen molar-refractivity contribution < 1.29 is 0 Å². The van der Waals surface area contributed by atoms with Crippen molar-refractivity contribution in [2.75, 3.05) is 25.0 Å². The Morgan fingerprint density at radius 1 is 1.33 bits per heavy atom. The average molecular weight is 304 g/mol. The monoisotopic (exact) mass is 303 g/mol. The molecule has 2 aromatic heterocycles. The quantitative estimate of drug-likeness (QED) is 0.811. The van der Waals surface area contributed by atoms with Gasteiger partial charge in [0.15, 0.2) is 0 Å². The molecule has 0 aromatic carbocycles. The van der Waals surface area contributed by atoms with Crippen LogP contribution in [-0.2, 0) is 6.54 Å². The van der Waals surface area contributed by atoms with E-state index in [4.69, 9.17) is 11.6 Å². The highest BCUT2D eigenvalue weighted by molar-refractivity contribution is 6.29. The number of likely N-dealkylation sites (tertiary alicyclic amines) is 1. The van der Waals surface area contributed by atoms with Crippen LogP contribution in [0.3, 0.4) is 0 Å². The molecule has 5 nitrogen and oxygen atoms in total. The summed E-state index contributed by atoms with van der Waals surface area (Å²) in [6.07, 6.45) is 6.37. The lowest BCUT2D eigenvalue weighted by molar-refractivity contribution is 0.325. The molecular weight excluding hydrogens is 286 g/mol. The Morgan fingerprint density at radius 2 is 2.24 bits per heavy atom. The smallest absolute Gasteiger partial charge is 0.131 e. The molecule has 1 unspecified atom stereocenters. The second kappa shape index (κ2) is 6.37. The van der Waals surface area contributed by atoms with Gasteiger partial charge in [-0.1, -0.05) is 17.7 Å². The zero-order valence-electron chi connectivity index (χ0n) is 12.0. The highest BCUT2D eigenvalue weighted by Gasteiger charge is 2.26. The van der Waals surface area contributed by atoms with Crippen LogP contribution in [0.25, 0.3) is 0 Å². The van der Waals surface area contributed by atoms with Crippen molar-refractivity contribution in [2.24, 2.45) is 0 Å². The predicted octanol–water partition coefficient (Wildman–Crippen LogP) is 2.24. The van der Waals surface area contributed by atoms with Crippen molar-refractivity contribution in [3.63, 3.8) is 0 Å². The van der Waals surface area contributed by atoms with E-state index in [0.717, 1.165) is 31.9 Å². The van der Waals surface area contributed by atoms with Crippen LogP contribution in [-0.4, -0.2) is 46.0 Å². The van der Waals surface area contributed by atoms with Gasteiger partial charge < -0.3 is 4.90 Å². The molecule has 1 aliphatic heterocycles. The fraction of sp³-hybridized carbons (Fsp3) is 0.400. The Balaban J connectivity index is 1.59. The molecule has 0 aliphatic carbocycles. The van der Waals surface area contributed by atoms with Crippen LogP contribution in [0.5, 0.6) is 0 Å². The summed E-state index contributed by atoms with van der Waals surface area (Å²) in [5, 5.41) is 0.543. The van der Waals surface area contributed by atoms with Gasteiger partial charge >= 0.3 is 0 Å². The summed E-state index contributed by atoms with van der Waals surface area (Å²) < 4.78 is 0. The van der Waals surface area contributed by atoms with Gasteiger partial charge in [-0.15, -0.1) is 0 Å². The minimum absolute atomic E-state index is 0.486. The molecule has 0 bridgehead atoms. The van der Waals surface area contributed by atoms with E-state index in [-0.39, 0.29) is 0 Å². The molecule has 3 rings (SSSR count). The van der Waals surface area contributed by atoms with Crippen LogP contribution in [0.15, 0.2) is 36.9 Å². The second-order valence-electron chi connectivity index (χ2n) is 5.35. The Labute approximate surface area is 129 Å². The summed E-state index contributed by atoms with van der Waals surface area (Å²) in [5.41, 5.74) is 1.20. The number of aromatic nitrogens is 3. The van der Waals surface area contributed by atoms with Gasteiger partial charge in [0.25, 0.3) is 0 Å². The van der Waals surface area contributed by atoms with Gasteiger partial charge in [0.05, 0.1) is 0 Å². The molecule has 0 spiro atoms. The van der Waals surface area contributed by atoms with E-state index in [1.807, 2.05) is 24.4 Å². The summed E-state index contributed by atoms with van der Waals surface area (Å²) in [7, 11) is 2.10. The number of hydrogen-bond donors (Lipinski definition) is 0. The Morgan fingerprint density at radius 3 is 2.95 bits per heavy atom. The van der Waals surface area contributed by atoms with Gasteiger partial charge in [-0.05, 0) is 24.1 Å². The highest BCUT2D eigenvalue weighted by Crippen LogP contribution is 2.20. The van der Waals surface area contributed by atoms with Crippen molar-refractivity contribution in [3.05, 3.63) is 47.6 Å². The van der Waals surface area contributed by atoms with Gasteiger partial charge in [-0.3, -0.25) is 4.90 Å². The first-order valence-corrected chi connectivity index (χ1v) is 7.42. The summed E-state index contributed by atoms with van der Waals surface area (Å²) in [6.45, 7) is 3.03. The van der Waals surface area contributed by atoms with Crippen LogP contribution in [0.4, 0.5) is 5.82 Å². The zero-order chi connectivity index (χ0) is 14.7. The van der Waals surface area contributed by atoms with Crippen molar-refractivity contribution in [3.8, 4) is 0 Å². The molecule has 1 aliphatic rings. The number of halogens is 1. The van der Waals surface area contributed by atoms with E-state index < -0.39 is 0 Å². The average Bonchev–Trinajstić information content (AvgIpc) is 2.98. The predicted molar refractivity (Wildman–Crippen MR) is 83.4 cm³/mol. The molecule has 1 atom stereocenters. The molecule has 3 heterocycles. The lowest BCUT2D eigenvalue weighted by Crippen LogP contribution is -2.34. The van der Waals surface area contributed by atoms with E-state index >= 15 is 0 Å². The molecular formula is C15H18ClN5. The second-order valence-corrected chi connectivity index (χ2v) is 5.73. The molecule has 0 amide bonds. The summed E-state index contributed by atoms with van der Waals surface area (Å²) in [4.78, 5) is 17.1. The van der Waals surface area contributed by atoms with Gasteiger partial charge in [0.1, 0.15) is 17.3 Å². The number of rotatable bonds is 4. The van der Waals surface area contributed by atoms with E-state index in [2.05, 4.69) is 31.8 Å². The van der Waals surface area contributed by atoms with E-state index in [1.165, 1.54) is 5.56 Å². The first-order valence-electron chi connectivity index (χ1n) is 7.04. The molecule has 0 N–H and O–H groups in total. The Kier molecular flexibility index (Phi) is 4.31. The van der Waals surface area contributed by atoms with Gasteiger partial charge in [-0.2, -0.15) is 0 Å². The van der Waals surface area contributed by atoms with Gasteiger partial charge in [0.2, 0.25) is 0 Å². The molecule has 0 radical (unpaired) electrons. The standard InChI is InChI=1S/C15H18ClN5/c1-20(15-4-6-17-11-19-15)13-5-7-21(10-13)9-12-2-3-14(16)18-8-12/h2-4,6,8,11,13H,5,7,9-10H2,1H3. The first-order chi connectivity index (χ1) is 10.2.